The van der Waals surface area contributed by atoms with Gasteiger partial charge in [0.2, 0.25) is 29.1 Å². The van der Waals surface area contributed by atoms with Crippen molar-refractivity contribution in [1.29, 1.82) is 0 Å². The number of ether oxygens (including phenoxy) is 1. The topological polar surface area (TPSA) is 85.6 Å². The smallest absolute Gasteiger partial charge is 0.278 e. The predicted octanol–water partition coefficient (Wildman–Crippen LogP) is 5.20. The third kappa shape index (κ3) is 4.81. The zero-order valence-corrected chi connectivity index (χ0v) is 18.6. The number of nitro groups is 1. The first-order valence-electron chi connectivity index (χ1n) is 10.3. The molecule has 0 saturated carbocycles. The van der Waals surface area contributed by atoms with E-state index in [1.807, 2.05) is 0 Å². The molecule has 0 aliphatic carbocycles. The highest BCUT2D eigenvalue weighted by atomic mass is 32.1. The van der Waals surface area contributed by atoms with E-state index < -0.39 is 52.3 Å². The number of carbonyl (C=O) groups excluding carboxylic acids is 1. The second-order valence-electron chi connectivity index (χ2n) is 7.69. The van der Waals surface area contributed by atoms with Crippen molar-refractivity contribution >= 4 is 22.9 Å². The molecule has 0 spiro atoms. The summed E-state index contributed by atoms with van der Waals surface area (Å²) >= 11 is 1.35. The number of rotatable bonds is 6. The summed E-state index contributed by atoms with van der Waals surface area (Å²) in [5.74, 6) is -13.1. The molecule has 0 bridgehead atoms. The van der Waals surface area contributed by atoms with Gasteiger partial charge in [-0.3, -0.25) is 14.9 Å². The molecule has 1 fully saturated rings. The molecule has 7 nitrogen and oxygen atoms in total. The fraction of sp³-hybridized carbons (Fsp3) is 0.273. The molecule has 0 N–H and O–H groups in total. The number of thiazole rings is 1. The first kappa shape index (κ1) is 24.5. The minimum absolute atomic E-state index is 0.0170. The van der Waals surface area contributed by atoms with Crippen molar-refractivity contribution < 1.29 is 36.4 Å². The third-order valence-corrected chi connectivity index (χ3v) is 6.61. The lowest BCUT2D eigenvalue weighted by molar-refractivity contribution is -0.384. The van der Waals surface area contributed by atoms with Crippen LogP contribution in [0.25, 0.3) is 11.3 Å². The van der Waals surface area contributed by atoms with Gasteiger partial charge in [-0.2, -0.15) is 8.78 Å². The molecule has 1 aromatic heterocycles. The van der Waals surface area contributed by atoms with Crippen LogP contribution in [0.4, 0.5) is 27.6 Å². The van der Waals surface area contributed by atoms with E-state index in [0.29, 0.717) is 24.1 Å². The van der Waals surface area contributed by atoms with Crippen molar-refractivity contribution in [2.24, 2.45) is 0 Å². The molecule has 35 heavy (non-hydrogen) atoms. The molecule has 4 rings (SSSR count). The Labute approximate surface area is 198 Å². The predicted molar refractivity (Wildman–Crippen MR) is 114 cm³/mol. The largest absolute Gasteiger partial charge is 0.477 e. The number of para-hydroxylation sites is 1. The number of nitro benzene ring substituents is 1. The first-order chi connectivity index (χ1) is 16.7. The minimum atomic E-state index is -2.31. The average Bonchev–Trinajstić information content (AvgIpc) is 3.36. The van der Waals surface area contributed by atoms with Crippen LogP contribution in [0.5, 0.6) is 5.75 Å². The van der Waals surface area contributed by atoms with E-state index >= 15 is 0 Å². The van der Waals surface area contributed by atoms with Gasteiger partial charge in [0.15, 0.2) is 12.4 Å². The zero-order valence-electron chi connectivity index (χ0n) is 17.8. The van der Waals surface area contributed by atoms with Crippen molar-refractivity contribution in [1.82, 2.24) is 9.88 Å². The number of hydrogen-bond donors (Lipinski definition) is 0. The summed E-state index contributed by atoms with van der Waals surface area (Å²) in [6, 6.07) is 6.26. The van der Waals surface area contributed by atoms with E-state index in [4.69, 9.17) is 0 Å². The van der Waals surface area contributed by atoms with Crippen LogP contribution in [0.3, 0.4) is 0 Å². The molecule has 0 unspecified atom stereocenters. The normalized spacial score (nSPS) is 14.3. The summed E-state index contributed by atoms with van der Waals surface area (Å²) < 4.78 is 71.8. The van der Waals surface area contributed by atoms with Gasteiger partial charge in [0, 0.05) is 30.5 Å². The Morgan fingerprint density at radius 1 is 1.06 bits per heavy atom. The Morgan fingerprint density at radius 3 is 2.29 bits per heavy atom. The van der Waals surface area contributed by atoms with Crippen molar-refractivity contribution in [3.63, 3.8) is 0 Å². The molecule has 13 heteroatoms. The van der Waals surface area contributed by atoms with Crippen LogP contribution in [0.1, 0.15) is 23.8 Å². The molecule has 184 valence electrons. The van der Waals surface area contributed by atoms with Crippen LogP contribution in [0, 0.1) is 39.2 Å². The monoisotopic (exact) mass is 513 g/mol. The van der Waals surface area contributed by atoms with Crippen LogP contribution in [0.2, 0.25) is 0 Å². The molecule has 3 aromatic rings. The van der Waals surface area contributed by atoms with E-state index in [1.165, 1.54) is 22.3 Å². The summed E-state index contributed by atoms with van der Waals surface area (Å²) in [4.78, 5) is 29.1. The summed E-state index contributed by atoms with van der Waals surface area (Å²) in [7, 11) is 0. The van der Waals surface area contributed by atoms with Crippen molar-refractivity contribution in [2.45, 2.75) is 18.8 Å². The third-order valence-electron chi connectivity index (χ3n) is 5.61. The lowest BCUT2D eigenvalue weighted by atomic mass is 9.97. The Balaban J connectivity index is 1.37. The number of aromatic nitrogens is 1. The van der Waals surface area contributed by atoms with Gasteiger partial charge in [0.25, 0.3) is 11.6 Å². The number of carbonyl (C=O) groups is 1. The van der Waals surface area contributed by atoms with Gasteiger partial charge in [-0.15, -0.1) is 11.3 Å². The number of piperidine rings is 1. The SMILES string of the molecule is O=C(COc1c(F)c(F)c(F)c(F)c1F)N1CCC(c2nc(-c3ccccc3[N+](=O)[O-])cs2)CC1. The van der Waals surface area contributed by atoms with Crippen LogP contribution in [-0.2, 0) is 4.79 Å². The van der Waals surface area contributed by atoms with Gasteiger partial charge >= 0.3 is 0 Å². The summed E-state index contributed by atoms with van der Waals surface area (Å²) in [5.41, 5.74) is 0.823. The van der Waals surface area contributed by atoms with Gasteiger partial charge in [-0.05, 0) is 18.9 Å². The van der Waals surface area contributed by atoms with Gasteiger partial charge in [0.05, 0.1) is 21.2 Å². The molecule has 1 aliphatic heterocycles. The van der Waals surface area contributed by atoms with Crippen molar-refractivity contribution in [3.8, 4) is 17.0 Å². The highest BCUT2D eigenvalue weighted by Crippen LogP contribution is 2.36. The summed E-state index contributed by atoms with van der Waals surface area (Å²) in [6.07, 6.45) is 0.996. The van der Waals surface area contributed by atoms with E-state index in [0.717, 1.165) is 5.01 Å². The molecular weight excluding hydrogens is 497 g/mol. The second-order valence-corrected chi connectivity index (χ2v) is 8.58. The fourth-order valence-corrected chi connectivity index (χ4v) is 4.75. The quantitative estimate of drug-likeness (QED) is 0.149. The molecule has 2 aromatic carbocycles. The molecule has 2 heterocycles. The van der Waals surface area contributed by atoms with Gasteiger partial charge < -0.3 is 9.64 Å². The second kappa shape index (κ2) is 9.94. The van der Waals surface area contributed by atoms with Crippen LogP contribution in [-0.4, -0.2) is 40.4 Å². The number of benzene rings is 2. The number of likely N-dealkylation sites (tertiary alicyclic amines) is 1. The molecule has 1 amide bonds. The number of nitrogens with zero attached hydrogens (tertiary/aromatic N) is 3. The van der Waals surface area contributed by atoms with Gasteiger partial charge in [-0.1, -0.05) is 12.1 Å². The Kier molecular flexibility index (Phi) is 6.96. The zero-order chi connectivity index (χ0) is 25.3. The molecule has 1 aliphatic rings. The highest BCUT2D eigenvalue weighted by Gasteiger charge is 2.30. The van der Waals surface area contributed by atoms with Crippen LogP contribution in [0.15, 0.2) is 29.6 Å². The van der Waals surface area contributed by atoms with Gasteiger partial charge in [0.1, 0.15) is 0 Å². The molecule has 0 atom stereocenters. The van der Waals surface area contributed by atoms with E-state index in [-0.39, 0.29) is 24.7 Å². The number of hydrogen-bond acceptors (Lipinski definition) is 6. The standard InChI is InChI=1S/C22H16F5N3O4S/c23-16-17(24)19(26)21(20(27)18(16)25)34-9-15(31)29-7-5-11(6-8-29)22-28-13(10-35-22)12-3-1-2-4-14(12)30(32)33/h1-4,10-11H,5-9H2. The Morgan fingerprint density at radius 2 is 1.66 bits per heavy atom. The number of halogens is 5. The lowest BCUT2D eigenvalue weighted by Crippen LogP contribution is -2.40. The first-order valence-corrected chi connectivity index (χ1v) is 11.2. The Hall–Kier alpha value is -3.61. The van der Waals surface area contributed by atoms with E-state index in [9.17, 15) is 36.9 Å². The fourth-order valence-electron chi connectivity index (χ4n) is 3.76. The van der Waals surface area contributed by atoms with E-state index in [2.05, 4.69) is 9.72 Å². The van der Waals surface area contributed by atoms with E-state index in [1.54, 1.807) is 23.6 Å². The lowest BCUT2D eigenvalue weighted by Gasteiger charge is -2.31. The summed E-state index contributed by atoms with van der Waals surface area (Å²) in [5, 5.41) is 13.8. The molecular formula is C22H16F5N3O4S. The number of amides is 1. The maximum absolute atomic E-state index is 13.7. The van der Waals surface area contributed by atoms with Crippen LogP contribution < -0.4 is 4.74 Å². The van der Waals surface area contributed by atoms with Gasteiger partial charge in [-0.25, -0.2) is 18.2 Å². The average molecular weight is 513 g/mol. The molecule has 1 saturated heterocycles. The highest BCUT2D eigenvalue weighted by molar-refractivity contribution is 7.10. The maximum atomic E-state index is 13.7. The van der Waals surface area contributed by atoms with Crippen molar-refractivity contribution in [2.75, 3.05) is 19.7 Å². The maximum Gasteiger partial charge on any atom is 0.278 e. The summed E-state index contributed by atoms with van der Waals surface area (Å²) in [6.45, 7) is -0.392. The molecule has 0 radical (unpaired) electrons. The van der Waals surface area contributed by atoms with Crippen molar-refractivity contribution in [3.05, 3.63) is 73.9 Å². The Bertz CT molecular complexity index is 1270. The van der Waals surface area contributed by atoms with Crippen LogP contribution >= 0.6 is 11.3 Å². The minimum Gasteiger partial charge on any atom is -0.477 e.